The first kappa shape index (κ1) is 26.1. The number of hydrogen-bond acceptors (Lipinski definition) is 6. The van der Waals surface area contributed by atoms with Gasteiger partial charge in [0.2, 0.25) is 5.56 Å². The van der Waals surface area contributed by atoms with Gasteiger partial charge in [-0.25, -0.2) is 0 Å². The number of ether oxygens (including phenoxy) is 2. The molecule has 0 aliphatic rings. The Balaban J connectivity index is 1.27. The van der Waals surface area contributed by atoms with E-state index in [2.05, 4.69) is 10.3 Å². The highest BCUT2D eigenvalue weighted by Crippen LogP contribution is 2.35. The number of para-hydroxylation sites is 1. The van der Waals surface area contributed by atoms with Crippen molar-refractivity contribution in [3.05, 3.63) is 99.8 Å². The Morgan fingerprint density at radius 2 is 1.78 bits per heavy atom. The van der Waals surface area contributed by atoms with E-state index in [4.69, 9.17) is 9.47 Å². The molecule has 0 radical (unpaired) electrons. The number of aliphatic hydroxyl groups excluding tert-OH is 1. The largest absolute Gasteiger partial charge is 0.506 e. The number of phenolic OH excluding ortho intramolecular Hbond substituents is 1. The number of alkyl halides is 2. The van der Waals surface area contributed by atoms with E-state index in [9.17, 15) is 23.8 Å². The summed E-state index contributed by atoms with van der Waals surface area (Å²) in [5.74, 6) is -2.84. The predicted molar refractivity (Wildman–Crippen MR) is 137 cm³/mol. The topological polar surface area (TPSA) is 104 Å². The van der Waals surface area contributed by atoms with Crippen molar-refractivity contribution in [2.45, 2.75) is 18.4 Å². The van der Waals surface area contributed by atoms with Crippen LogP contribution in [0.15, 0.2) is 77.6 Å². The molecule has 7 nitrogen and oxygen atoms in total. The molecule has 0 amide bonds. The average molecular weight is 511 g/mol. The molecule has 0 saturated heterocycles. The summed E-state index contributed by atoms with van der Waals surface area (Å²) in [6.07, 6.45) is -0.205. The van der Waals surface area contributed by atoms with Crippen molar-refractivity contribution in [3.63, 3.8) is 0 Å². The van der Waals surface area contributed by atoms with E-state index in [-0.39, 0.29) is 34.7 Å². The van der Waals surface area contributed by atoms with E-state index in [0.717, 1.165) is 5.56 Å². The zero-order chi connectivity index (χ0) is 26.4. The third-order valence-electron chi connectivity index (χ3n) is 6.04. The zero-order valence-corrected chi connectivity index (χ0v) is 20.2. The number of aromatic hydroxyl groups is 1. The van der Waals surface area contributed by atoms with Crippen LogP contribution in [0.5, 0.6) is 17.2 Å². The first-order valence-electron chi connectivity index (χ1n) is 11.8. The third kappa shape index (κ3) is 6.25. The maximum atomic E-state index is 14.6. The van der Waals surface area contributed by atoms with Gasteiger partial charge in [0.25, 0.3) is 0 Å². The highest BCUT2D eigenvalue weighted by molar-refractivity contribution is 5.87. The molecule has 0 spiro atoms. The lowest BCUT2D eigenvalue weighted by Gasteiger charge is -2.20. The first-order valence-corrected chi connectivity index (χ1v) is 11.8. The molecule has 3 aromatic carbocycles. The van der Waals surface area contributed by atoms with Gasteiger partial charge in [0, 0.05) is 18.0 Å². The van der Waals surface area contributed by atoms with Crippen LogP contribution < -0.4 is 20.3 Å². The molecule has 0 saturated carbocycles. The highest BCUT2D eigenvalue weighted by atomic mass is 19.3. The lowest BCUT2D eigenvalue weighted by molar-refractivity contribution is -0.0483. The molecule has 4 rings (SSSR count). The summed E-state index contributed by atoms with van der Waals surface area (Å²) in [6, 6.07) is 18.8. The SMILES string of the molecule is COc1ccccc1C(F)(F)COc1ccc(CCNC[C@@H](O)c2ccc(O)c3[nH]c(=O)ccc23)cc1. The standard InChI is InChI=1S/C28H28F2N2O5/c1-36-25-5-3-2-4-22(25)28(29,30)17-37-19-8-6-18(7-9-19)14-15-31-16-24(34)20-10-12-23(33)27-21(20)11-13-26(35)32-27/h2-13,24,31,33-34H,14-17H2,1H3,(H,32,35)/t24-/m1/s1. The van der Waals surface area contributed by atoms with Gasteiger partial charge in [0.15, 0.2) is 6.61 Å². The number of benzene rings is 3. The molecule has 194 valence electrons. The Morgan fingerprint density at radius 3 is 2.54 bits per heavy atom. The van der Waals surface area contributed by atoms with E-state index in [1.54, 1.807) is 42.5 Å². The second kappa shape index (κ2) is 11.4. The Morgan fingerprint density at radius 1 is 1.03 bits per heavy atom. The Hall–Kier alpha value is -3.95. The molecule has 4 aromatic rings. The number of phenols is 1. The van der Waals surface area contributed by atoms with Gasteiger partial charge in [-0.2, -0.15) is 8.78 Å². The van der Waals surface area contributed by atoms with Crippen molar-refractivity contribution in [3.8, 4) is 17.2 Å². The van der Waals surface area contributed by atoms with Crippen molar-refractivity contribution in [1.82, 2.24) is 10.3 Å². The van der Waals surface area contributed by atoms with E-state index in [0.29, 0.717) is 29.7 Å². The van der Waals surface area contributed by atoms with Gasteiger partial charge in [0.1, 0.15) is 17.2 Å². The summed E-state index contributed by atoms with van der Waals surface area (Å²) < 4.78 is 39.6. The lowest BCUT2D eigenvalue weighted by Crippen LogP contribution is -2.24. The summed E-state index contributed by atoms with van der Waals surface area (Å²) in [5, 5.41) is 24.4. The van der Waals surface area contributed by atoms with Crippen LogP contribution in [0.1, 0.15) is 22.8 Å². The summed E-state index contributed by atoms with van der Waals surface area (Å²) in [4.78, 5) is 14.1. The quantitative estimate of drug-likeness (QED) is 0.225. The summed E-state index contributed by atoms with van der Waals surface area (Å²) in [5.41, 5.74) is 1.28. The maximum Gasteiger partial charge on any atom is 0.310 e. The first-order chi connectivity index (χ1) is 17.8. The smallest absolute Gasteiger partial charge is 0.310 e. The van der Waals surface area contributed by atoms with Gasteiger partial charge < -0.3 is 30.0 Å². The minimum absolute atomic E-state index is 0.0625. The minimum atomic E-state index is -3.21. The predicted octanol–water partition coefficient (Wildman–Crippen LogP) is 4.28. The number of halogens is 2. The molecule has 4 N–H and O–H groups in total. The van der Waals surface area contributed by atoms with Crippen LogP contribution in [0.25, 0.3) is 10.9 Å². The monoisotopic (exact) mass is 510 g/mol. The van der Waals surface area contributed by atoms with Crippen LogP contribution in [0.4, 0.5) is 8.78 Å². The lowest BCUT2D eigenvalue weighted by atomic mass is 10.0. The van der Waals surface area contributed by atoms with Crippen molar-refractivity contribution < 1.29 is 28.5 Å². The van der Waals surface area contributed by atoms with Gasteiger partial charge in [-0.3, -0.25) is 4.79 Å². The number of hydrogen-bond donors (Lipinski definition) is 4. The number of aliphatic hydroxyl groups is 1. The van der Waals surface area contributed by atoms with Gasteiger partial charge in [0.05, 0.1) is 24.3 Å². The number of pyridine rings is 1. The van der Waals surface area contributed by atoms with Crippen molar-refractivity contribution in [2.75, 3.05) is 26.8 Å². The molecule has 0 aliphatic carbocycles. The van der Waals surface area contributed by atoms with E-state index in [1.165, 1.54) is 37.4 Å². The number of methoxy groups -OCH3 is 1. The van der Waals surface area contributed by atoms with Crippen molar-refractivity contribution >= 4 is 10.9 Å². The molecule has 37 heavy (non-hydrogen) atoms. The summed E-state index contributed by atoms with van der Waals surface area (Å²) in [7, 11) is 1.35. The average Bonchev–Trinajstić information content (AvgIpc) is 2.91. The number of fused-ring (bicyclic) bond motifs is 1. The molecule has 1 aromatic heterocycles. The van der Waals surface area contributed by atoms with Crippen LogP contribution in [-0.2, 0) is 12.3 Å². The van der Waals surface area contributed by atoms with Gasteiger partial charge in [-0.1, -0.05) is 30.3 Å². The molecule has 1 heterocycles. The van der Waals surface area contributed by atoms with Gasteiger partial charge >= 0.3 is 5.92 Å². The number of aromatic nitrogens is 1. The molecule has 0 bridgehead atoms. The molecule has 0 unspecified atom stereocenters. The summed E-state index contributed by atoms with van der Waals surface area (Å²) >= 11 is 0. The van der Waals surface area contributed by atoms with E-state index >= 15 is 0 Å². The number of H-pyrrole nitrogens is 1. The second-order valence-electron chi connectivity index (χ2n) is 8.59. The highest BCUT2D eigenvalue weighted by Gasteiger charge is 2.35. The molecular formula is C28H28F2N2O5. The fourth-order valence-electron chi connectivity index (χ4n) is 4.08. The number of nitrogens with one attached hydrogen (secondary N) is 2. The fourth-order valence-corrected chi connectivity index (χ4v) is 4.08. The molecule has 1 atom stereocenters. The number of rotatable bonds is 11. The van der Waals surface area contributed by atoms with E-state index < -0.39 is 18.6 Å². The van der Waals surface area contributed by atoms with Crippen molar-refractivity contribution in [1.29, 1.82) is 0 Å². The van der Waals surface area contributed by atoms with Crippen LogP contribution >= 0.6 is 0 Å². The normalized spacial score (nSPS) is 12.4. The number of aromatic amines is 1. The zero-order valence-electron chi connectivity index (χ0n) is 20.2. The Bertz CT molecular complexity index is 1410. The molecular weight excluding hydrogens is 482 g/mol. The fraction of sp³-hybridized carbons (Fsp3) is 0.250. The Labute approximate surface area is 212 Å². The Kier molecular flexibility index (Phi) is 8.05. The molecule has 9 heteroatoms. The molecule has 0 fully saturated rings. The maximum absolute atomic E-state index is 14.6. The van der Waals surface area contributed by atoms with Crippen molar-refractivity contribution in [2.24, 2.45) is 0 Å². The molecule has 0 aliphatic heterocycles. The minimum Gasteiger partial charge on any atom is -0.506 e. The van der Waals surface area contributed by atoms with Crippen LogP contribution in [-0.4, -0.2) is 42.0 Å². The van der Waals surface area contributed by atoms with Gasteiger partial charge in [-0.15, -0.1) is 0 Å². The third-order valence-corrected chi connectivity index (χ3v) is 6.04. The summed E-state index contributed by atoms with van der Waals surface area (Å²) in [6.45, 7) is 0.0141. The van der Waals surface area contributed by atoms with Crippen LogP contribution in [0.3, 0.4) is 0 Å². The van der Waals surface area contributed by atoms with Crippen LogP contribution in [0, 0.1) is 0 Å². The van der Waals surface area contributed by atoms with E-state index in [1.807, 2.05) is 0 Å². The van der Waals surface area contributed by atoms with Crippen LogP contribution in [0.2, 0.25) is 0 Å². The van der Waals surface area contributed by atoms with Gasteiger partial charge in [-0.05, 0) is 60.5 Å². The second-order valence-corrected chi connectivity index (χ2v) is 8.59.